The molecular formula is C16H18N4O3S2. The molecular weight excluding hydrogens is 360 g/mol. The maximum atomic E-state index is 12.6. The van der Waals surface area contributed by atoms with E-state index < -0.39 is 5.25 Å². The van der Waals surface area contributed by atoms with E-state index in [0.29, 0.717) is 27.0 Å². The predicted octanol–water partition coefficient (Wildman–Crippen LogP) is 3.03. The van der Waals surface area contributed by atoms with Gasteiger partial charge in [-0.2, -0.15) is 0 Å². The number of thiophene rings is 1. The molecule has 0 aliphatic heterocycles. The number of nitrogens with one attached hydrogen (secondary N) is 1. The average Bonchev–Trinajstić information content (AvgIpc) is 3.08. The van der Waals surface area contributed by atoms with Gasteiger partial charge in [0.2, 0.25) is 11.8 Å². The van der Waals surface area contributed by atoms with Crippen LogP contribution in [-0.2, 0) is 11.8 Å². The molecule has 0 aliphatic carbocycles. The number of rotatable bonds is 4. The molecule has 0 aliphatic rings. The Morgan fingerprint density at radius 3 is 2.76 bits per heavy atom. The minimum atomic E-state index is -0.455. The van der Waals surface area contributed by atoms with Crippen LogP contribution in [0.3, 0.4) is 0 Å². The first-order chi connectivity index (χ1) is 11.8. The Hall–Kier alpha value is -2.13. The van der Waals surface area contributed by atoms with Crippen LogP contribution in [0, 0.1) is 20.8 Å². The van der Waals surface area contributed by atoms with Gasteiger partial charge in [0.15, 0.2) is 5.16 Å². The minimum absolute atomic E-state index is 0.0900. The molecule has 0 fully saturated rings. The van der Waals surface area contributed by atoms with E-state index in [4.69, 9.17) is 4.52 Å². The molecule has 0 bridgehead atoms. The van der Waals surface area contributed by atoms with E-state index in [1.807, 2.05) is 13.8 Å². The second-order valence-electron chi connectivity index (χ2n) is 5.80. The molecule has 0 saturated heterocycles. The largest absolute Gasteiger partial charge is 0.338 e. The number of carbonyl (C=O) groups excluding carboxylic acids is 1. The molecule has 7 nitrogen and oxygen atoms in total. The molecule has 1 atom stereocenters. The highest BCUT2D eigenvalue weighted by Crippen LogP contribution is 2.29. The van der Waals surface area contributed by atoms with Crippen LogP contribution < -0.4 is 10.9 Å². The molecule has 3 rings (SSSR count). The molecule has 0 aromatic carbocycles. The van der Waals surface area contributed by atoms with E-state index in [9.17, 15) is 9.59 Å². The molecule has 0 spiro atoms. The van der Waals surface area contributed by atoms with Gasteiger partial charge in [-0.3, -0.25) is 19.5 Å². The van der Waals surface area contributed by atoms with E-state index in [1.165, 1.54) is 27.7 Å². The van der Waals surface area contributed by atoms with Crippen molar-refractivity contribution in [1.29, 1.82) is 0 Å². The zero-order chi connectivity index (χ0) is 18.3. The van der Waals surface area contributed by atoms with Gasteiger partial charge in [-0.05, 0) is 33.3 Å². The molecule has 3 aromatic heterocycles. The highest BCUT2D eigenvalue weighted by molar-refractivity contribution is 8.00. The Balaban J connectivity index is 1.85. The van der Waals surface area contributed by atoms with Crippen LogP contribution in [0.4, 0.5) is 5.88 Å². The van der Waals surface area contributed by atoms with Crippen LogP contribution >= 0.6 is 23.1 Å². The molecule has 1 amide bonds. The fraction of sp³-hybridized carbons (Fsp3) is 0.375. The van der Waals surface area contributed by atoms with Gasteiger partial charge in [0, 0.05) is 18.0 Å². The van der Waals surface area contributed by atoms with Crippen molar-refractivity contribution in [2.45, 2.75) is 38.1 Å². The van der Waals surface area contributed by atoms with Crippen molar-refractivity contribution in [2.24, 2.45) is 7.05 Å². The average molecular weight is 378 g/mol. The van der Waals surface area contributed by atoms with Crippen LogP contribution in [0.5, 0.6) is 0 Å². The highest BCUT2D eigenvalue weighted by Gasteiger charge is 2.21. The summed E-state index contributed by atoms with van der Waals surface area (Å²) >= 11 is 2.73. The zero-order valence-corrected chi connectivity index (χ0v) is 16.2. The van der Waals surface area contributed by atoms with Crippen molar-refractivity contribution in [3.63, 3.8) is 0 Å². The first-order valence-electron chi connectivity index (χ1n) is 7.65. The van der Waals surface area contributed by atoms with Crippen molar-refractivity contribution >= 4 is 45.1 Å². The number of hydrogen-bond acceptors (Lipinski definition) is 7. The Labute approximate surface area is 152 Å². The van der Waals surface area contributed by atoms with Gasteiger partial charge in [-0.1, -0.05) is 16.9 Å². The van der Waals surface area contributed by atoms with Gasteiger partial charge in [-0.15, -0.1) is 11.3 Å². The number of anilines is 1. The number of aryl methyl sites for hydroxylation is 3. The summed E-state index contributed by atoms with van der Waals surface area (Å²) in [4.78, 5) is 31.3. The summed E-state index contributed by atoms with van der Waals surface area (Å²) in [6.45, 7) is 7.44. The van der Waals surface area contributed by atoms with Crippen LogP contribution in [0.15, 0.2) is 20.5 Å². The highest BCUT2D eigenvalue weighted by atomic mass is 32.2. The predicted molar refractivity (Wildman–Crippen MR) is 99.5 cm³/mol. The molecule has 3 heterocycles. The van der Waals surface area contributed by atoms with E-state index in [0.717, 1.165) is 10.4 Å². The molecule has 3 aromatic rings. The third-order valence-corrected chi connectivity index (χ3v) is 6.14. The Kier molecular flexibility index (Phi) is 4.70. The van der Waals surface area contributed by atoms with E-state index in [1.54, 1.807) is 27.0 Å². The normalized spacial score (nSPS) is 12.5. The van der Waals surface area contributed by atoms with E-state index >= 15 is 0 Å². The summed E-state index contributed by atoms with van der Waals surface area (Å²) in [5.41, 5.74) is 1.57. The molecule has 0 unspecified atom stereocenters. The lowest BCUT2D eigenvalue weighted by Crippen LogP contribution is -2.25. The fourth-order valence-electron chi connectivity index (χ4n) is 2.32. The van der Waals surface area contributed by atoms with Crippen LogP contribution in [0.2, 0.25) is 0 Å². The van der Waals surface area contributed by atoms with Crippen molar-refractivity contribution in [3.05, 3.63) is 32.6 Å². The summed E-state index contributed by atoms with van der Waals surface area (Å²) < 4.78 is 6.49. The first-order valence-corrected chi connectivity index (χ1v) is 9.35. The SMILES string of the molecule is Cc1cc(NC(=O)[C@@H](C)Sc2nc3sc(C)c(C)c3c(=O)n2C)on1. The first kappa shape index (κ1) is 17.7. The maximum Gasteiger partial charge on any atom is 0.262 e. The molecule has 9 heteroatoms. The van der Waals surface area contributed by atoms with E-state index in [-0.39, 0.29) is 11.5 Å². The fourth-order valence-corrected chi connectivity index (χ4v) is 4.26. The van der Waals surface area contributed by atoms with Gasteiger partial charge in [0.05, 0.1) is 16.3 Å². The number of fused-ring (bicyclic) bond motifs is 1. The lowest BCUT2D eigenvalue weighted by atomic mass is 10.2. The number of aromatic nitrogens is 3. The Morgan fingerprint density at radius 2 is 2.12 bits per heavy atom. The van der Waals surface area contributed by atoms with Gasteiger partial charge < -0.3 is 4.52 Å². The number of hydrogen-bond donors (Lipinski definition) is 1. The summed E-state index contributed by atoms with van der Waals surface area (Å²) in [6, 6.07) is 1.65. The second-order valence-corrected chi connectivity index (χ2v) is 8.31. The third-order valence-electron chi connectivity index (χ3n) is 3.90. The number of amides is 1. The van der Waals surface area contributed by atoms with Gasteiger partial charge >= 0.3 is 0 Å². The van der Waals surface area contributed by atoms with Gasteiger partial charge in [-0.25, -0.2) is 4.98 Å². The van der Waals surface area contributed by atoms with Crippen LogP contribution in [0.25, 0.3) is 10.2 Å². The molecule has 25 heavy (non-hydrogen) atoms. The molecule has 132 valence electrons. The smallest absolute Gasteiger partial charge is 0.262 e. The number of carbonyl (C=O) groups is 1. The van der Waals surface area contributed by atoms with E-state index in [2.05, 4.69) is 15.5 Å². The van der Waals surface area contributed by atoms with Gasteiger partial charge in [0.25, 0.3) is 5.56 Å². The van der Waals surface area contributed by atoms with Crippen molar-refractivity contribution in [2.75, 3.05) is 5.32 Å². The second kappa shape index (κ2) is 6.64. The molecule has 0 radical (unpaired) electrons. The number of nitrogens with zero attached hydrogens (tertiary/aromatic N) is 3. The summed E-state index contributed by atoms with van der Waals surface area (Å²) in [5.74, 6) is 0.0609. The van der Waals surface area contributed by atoms with Gasteiger partial charge in [0.1, 0.15) is 4.83 Å². The Bertz CT molecular complexity index is 1020. The minimum Gasteiger partial charge on any atom is -0.338 e. The van der Waals surface area contributed by atoms with Crippen LogP contribution in [-0.4, -0.2) is 25.9 Å². The zero-order valence-electron chi connectivity index (χ0n) is 14.5. The maximum absolute atomic E-state index is 12.6. The number of thioether (sulfide) groups is 1. The topological polar surface area (TPSA) is 90.0 Å². The van der Waals surface area contributed by atoms with Crippen molar-refractivity contribution in [3.8, 4) is 0 Å². The van der Waals surface area contributed by atoms with Crippen molar-refractivity contribution < 1.29 is 9.32 Å². The molecule has 1 N–H and O–H groups in total. The monoisotopic (exact) mass is 378 g/mol. The summed E-state index contributed by atoms with van der Waals surface area (Å²) in [5, 5.41) is 7.11. The molecule has 0 saturated carbocycles. The quantitative estimate of drug-likeness (QED) is 0.554. The van der Waals surface area contributed by atoms with Crippen molar-refractivity contribution in [1.82, 2.24) is 14.7 Å². The summed E-state index contributed by atoms with van der Waals surface area (Å²) in [7, 11) is 1.67. The van der Waals surface area contributed by atoms with Crippen LogP contribution in [0.1, 0.15) is 23.1 Å². The standard InChI is InChI=1S/C16H18N4O3S2/c1-7-6-11(23-19-7)17-13(21)10(4)25-16-18-14-12(15(22)20(16)5)8(2)9(3)24-14/h6,10H,1-5H3,(H,17,21)/t10-/m1/s1. The lowest BCUT2D eigenvalue weighted by Gasteiger charge is -2.12. The summed E-state index contributed by atoms with van der Waals surface area (Å²) in [6.07, 6.45) is 0. The lowest BCUT2D eigenvalue weighted by molar-refractivity contribution is -0.115. The Morgan fingerprint density at radius 1 is 1.40 bits per heavy atom. The third kappa shape index (κ3) is 3.34.